The number of halogens is 1. The van der Waals surface area contributed by atoms with Crippen molar-refractivity contribution in [1.82, 2.24) is 14.7 Å². The number of fused-ring (bicyclic) bond motifs is 1. The quantitative estimate of drug-likeness (QED) is 0.501. The van der Waals surface area contributed by atoms with Gasteiger partial charge in [-0.15, -0.1) is 0 Å². The molecule has 0 aliphatic carbocycles. The van der Waals surface area contributed by atoms with E-state index in [1.165, 1.54) is 18.3 Å². The summed E-state index contributed by atoms with van der Waals surface area (Å²) in [7, 11) is -3.08. The molecule has 1 saturated heterocycles. The number of thiol groups is 1. The van der Waals surface area contributed by atoms with Crippen LogP contribution in [0.25, 0.3) is 0 Å². The van der Waals surface area contributed by atoms with Gasteiger partial charge in [-0.05, 0) is 68.0 Å². The first-order valence-corrected chi connectivity index (χ1v) is 12.3. The van der Waals surface area contributed by atoms with Crippen LogP contribution in [0, 0.1) is 24.1 Å². The molecule has 4 N–H and O–H groups in total. The van der Waals surface area contributed by atoms with Gasteiger partial charge in [-0.2, -0.15) is 5.26 Å². The lowest BCUT2D eigenvalue weighted by Gasteiger charge is -2.50. The maximum atomic E-state index is 15.1. The molecule has 0 spiro atoms. The number of nitriles is 1. The standard InChI is InChI=1S/C22H26FN7O2S/c1-12-9-13(10-24)11-26-17(12)19(31)29-16-6-5-14(23)18(28-16)22(4)15-7-8-27-33(15,32)21(2,3)20(25)30-22/h5-6,9,11,15,33H,7-8H2,1-4H3,(H2,25,30)(H,27,32)(H,28,29,31)/t15-,22-/m0/s1. The fourth-order valence-electron chi connectivity index (χ4n) is 4.64. The summed E-state index contributed by atoms with van der Waals surface area (Å²) in [6.07, 6.45) is 1.83. The lowest BCUT2D eigenvalue weighted by atomic mass is 9.90. The second-order valence-electron chi connectivity index (χ2n) is 9.06. The number of carbonyl (C=O) groups excluding carboxylic acids is 1. The highest BCUT2D eigenvalue weighted by atomic mass is 32.3. The fraction of sp³-hybridized carbons (Fsp3) is 0.409. The van der Waals surface area contributed by atoms with Crippen LogP contribution < -0.4 is 15.8 Å². The summed E-state index contributed by atoms with van der Waals surface area (Å²) in [6.45, 7) is 7.42. The smallest absolute Gasteiger partial charge is 0.275 e. The van der Waals surface area contributed by atoms with Crippen molar-refractivity contribution in [2.75, 3.05) is 11.9 Å². The van der Waals surface area contributed by atoms with Crippen molar-refractivity contribution in [3.63, 3.8) is 0 Å². The molecule has 9 nitrogen and oxygen atoms in total. The maximum absolute atomic E-state index is 15.1. The van der Waals surface area contributed by atoms with E-state index in [1.54, 1.807) is 33.8 Å². The van der Waals surface area contributed by atoms with Crippen LogP contribution in [0.2, 0.25) is 0 Å². The summed E-state index contributed by atoms with van der Waals surface area (Å²) >= 11 is 0. The molecule has 1 amide bonds. The number of aryl methyl sites for hydroxylation is 1. The van der Waals surface area contributed by atoms with Crippen LogP contribution in [0.15, 0.2) is 29.4 Å². The molecule has 0 bridgehead atoms. The van der Waals surface area contributed by atoms with E-state index in [0.29, 0.717) is 24.1 Å². The number of hydrogen-bond acceptors (Lipinski definition) is 7. The molecule has 11 heteroatoms. The van der Waals surface area contributed by atoms with Gasteiger partial charge in [0.05, 0.1) is 15.6 Å². The Balaban J connectivity index is 1.74. The van der Waals surface area contributed by atoms with Crippen LogP contribution in [0.5, 0.6) is 0 Å². The number of aliphatic imine (C=N–C) groups is 1. The Morgan fingerprint density at radius 2 is 2.12 bits per heavy atom. The molecule has 2 aliphatic heterocycles. The Labute approximate surface area is 192 Å². The second-order valence-corrected chi connectivity index (χ2v) is 12.4. The van der Waals surface area contributed by atoms with Gasteiger partial charge in [0.25, 0.3) is 5.91 Å². The molecule has 4 rings (SSSR count). The van der Waals surface area contributed by atoms with E-state index in [1.807, 2.05) is 6.07 Å². The van der Waals surface area contributed by atoms with Gasteiger partial charge >= 0.3 is 0 Å². The Kier molecular flexibility index (Phi) is 5.34. The molecule has 2 aromatic heterocycles. The zero-order chi connectivity index (χ0) is 24.2. The molecule has 0 unspecified atom stereocenters. The van der Waals surface area contributed by atoms with E-state index in [2.05, 4.69) is 25.0 Å². The van der Waals surface area contributed by atoms with Crippen LogP contribution in [-0.2, 0) is 15.7 Å². The van der Waals surface area contributed by atoms with Crippen molar-refractivity contribution >= 4 is 27.7 Å². The van der Waals surface area contributed by atoms with Crippen molar-refractivity contribution in [1.29, 1.82) is 5.26 Å². The summed E-state index contributed by atoms with van der Waals surface area (Å²) in [5, 5.41) is 11.1. The number of nitrogens with one attached hydrogen (secondary N) is 2. The minimum absolute atomic E-state index is 0.0304. The van der Waals surface area contributed by atoms with Crippen LogP contribution in [0.3, 0.4) is 0 Å². The van der Waals surface area contributed by atoms with E-state index in [-0.39, 0.29) is 23.0 Å². The van der Waals surface area contributed by atoms with Crippen LogP contribution in [-0.4, -0.2) is 42.5 Å². The summed E-state index contributed by atoms with van der Waals surface area (Å²) in [5.41, 5.74) is 5.92. The Hall–Kier alpha value is -3.23. The monoisotopic (exact) mass is 471 g/mol. The first-order chi connectivity index (χ1) is 15.4. The molecule has 33 heavy (non-hydrogen) atoms. The number of carbonyl (C=O) groups is 1. The number of hydrogen-bond donors (Lipinski definition) is 4. The van der Waals surface area contributed by atoms with Gasteiger partial charge in [0.1, 0.15) is 40.5 Å². The highest BCUT2D eigenvalue weighted by Gasteiger charge is 2.59. The van der Waals surface area contributed by atoms with Crippen molar-refractivity contribution in [3.05, 3.63) is 52.7 Å². The van der Waals surface area contributed by atoms with E-state index in [4.69, 9.17) is 11.0 Å². The van der Waals surface area contributed by atoms with Gasteiger partial charge in [0.2, 0.25) is 0 Å². The van der Waals surface area contributed by atoms with Gasteiger partial charge in [-0.25, -0.2) is 14.4 Å². The van der Waals surface area contributed by atoms with Crippen molar-refractivity contribution < 1.29 is 13.4 Å². The van der Waals surface area contributed by atoms with E-state index >= 15 is 4.39 Å². The minimum atomic E-state index is -3.08. The first-order valence-electron chi connectivity index (χ1n) is 10.5. The molecule has 1 fully saturated rings. The third-order valence-corrected chi connectivity index (χ3v) is 10.9. The lowest BCUT2D eigenvalue weighted by Crippen LogP contribution is -2.64. The van der Waals surface area contributed by atoms with Crippen molar-refractivity contribution in [2.45, 2.75) is 49.7 Å². The van der Waals surface area contributed by atoms with Crippen molar-refractivity contribution in [2.24, 2.45) is 10.7 Å². The van der Waals surface area contributed by atoms with Gasteiger partial charge in [0, 0.05) is 12.7 Å². The first kappa shape index (κ1) is 22.9. The number of pyridine rings is 2. The Bertz CT molecular complexity index is 1290. The third-order valence-electron chi connectivity index (χ3n) is 6.65. The van der Waals surface area contributed by atoms with Crippen molar-refractivity contribution in [3.8, 4) is 6.07 Å². The van der Waals surface area contributed by atoms with Crippen LogP contribution in [0.1, 0.15) is 54.5 Å². The van der Waals surface area contributed by atoms with Gasteiger partial charge in [-0.1, -0.05) is 0 Å². The molecule has 0 aromatic carbocycles. The van der Waals surface area contributed by atoms with E-state index in [0.717, 1.165) is 0 Å². The molecule has 4 heterocycles. The third kappa shape index (κ3) is 3.41. The number of nitrogens with zero attached hydrogens (tertiary/aromatic N) is 4. The largest absolute Gasteiger partial charge is 0.386 e. The average Bonchev–Trinajstić information content (AvgIpc) is 3.18. The molecule has 2 atom stereocenters. The number of anilines is 1. The topological polar surface area (TPSA) is 146 Å². The second kappa shape index (κ2) is 7.67. The number of amides is 1. The highest BCUT2D eigenvalue weighted by Crippen LogP contribution is 2.48. The molecule has 0 saturated carbocycles. The van der Waals surface area contributed by atoms with Gasteiger partial charge in [-0.3, -0.25) is 18.7 Å². The summed E-state index contributed by atoms with van der Waals surface area (Å²) in [4.78, 5) is 25.8. The normalized spacial score (nSPS) is 25.9. The number of nitrogens with two attached hydrogens (primary N) is 1. The molecular weight excluding hydrogens is 445 g/mol. The number of amidine groups is 1. The predicted molar refractivity (Wildman–Crippen MR) is 125 cm³/mol. The molecular formula is C22H26FN7O2S. The maximum Gasteiger partial charge on any atom is 0.275 e. The fourth-order valence-corrected chi connectivity index (χ4v) is 8.27. The zero-order valence-electron chi connectivity index (χ0n) is 18.8. The molecule has 174 valence electrons. The number of rotatable bonds is 3. The number of aromatic nitrogens is 2. The average molecular weight is 472 g/mol. The summed E-state index contributed by atoms with van der Waals surface area (Å²) in [6, 6.07) is 6.06. The van der Waals surface area contributed by atoms with E-state index < -0.39 is 37.4 Å². The molecule has 2 aromatic rings. The van der Waals surface area contributed by atoms with Crippen LogP contribution >= 0.6 is 0 Å². The van der Waals surface area contributed by atoms with E-state index in [9.17, 15) is 9.00 Å². The summed E-state index contributed by atoms with van der Waals surface area (Å²) < 4.78 is 31.3. The molecule has 0 radical (unpaired) electrons. The SMILES string of the molecule is Cc1cc(C#N)cnc1C(=O)Nc1ccc(F)c([C@@]2(C)N=C(N)C(C)(C)[SH]3(=O)NCC[C@@H]23)n1. The summed E-state index contributed by atoms with van der Waals surface area (Å²) in [5.74, 6) is -0.902. The lowest BCUT2D eigenvalue weighted by molar-refractivity contribution is 0.102. The predicted octanol–water partition coefficient (Wildman–Crippen LogP) is 1.71. The van der Waals surface area contributed by atoms with Crippen LogP contribution in [0.4, 0.5) is 10.2 Å². The van der Waals surface area contributed by atoms with Gasteiger partial charge in [0.15, 0.2) is 0 Å². The zero-order valence-corrected chi connectivity index (χ0v) is 19.7. The Morgan fingerprint density at radius 3 is 2.79 bits per heavy atom. The minimum Gasteiger partial charge on any atom is -0.386 e. The molecule has 2 aliphatic rings. The van der Waals surface area contributed by atoms with Gasteiger partial charge < -0.3 is 11.1 Å². The Morgan fingerprint density at radius 1 is 1.39 bits per heavy atom. The highest BCUT2D eigenvalue weighted by molar-refractivity contribution is 8.04.